The highest BCUT2D eigenvalue weighted by Gasteiger charge is 2.05. The number of phenolic OH excluding ortho intramolecular Hbond substituents is 1. The van der Waals surface area contributed by atoms with Crippen molar-refractivity contribution in [2.45, 2.75) is 13.1 Å². The number of benzene rings is 1. The predicted molar refractivity (Wildman–Crippen MR) is 76.2 cm³/mol. The van der Waals surface area contributed by atoms with E-state index >= 15 is 0 Å². The first-order valence-corrected chi connectivity index (χ1v) is 7.44. The molecule has 0 fully saturated rings. The van der Waals surface area contributed by atoms with Gasteiger partial charge >= 0.3 is 0 Å². The zero-order valence-corrected chi connectivity index (χ0v) is 12.8. The summed E-state index contributed by atoms with van der Waals surface area (Å²) in [6.45, 7) is 1.48. The molecule has 0 aliphatic carbocycles. The van der Waals surface area contributed by atoms with Crippen LogP contribution in [0.25, 0.3) is 0 Å². The largest absolute Gasteiger partial charge is 0.506 e. The lowest BCUT2D eigenvalue weighted by Gasteiger charge is -2.06. The molecule has 0 saturated carbocycles. The Morgan fingerprint density at radius 3 is 2.53 bits per heavy atom. The Balaban J connectivity index is 1.95. The number of halogens is 2. The fraction of sp³-hybridized carbons (Fsp3) is 0.182. The van der Waals surface area contributed by atoms with E-state index in [-0.39, 0.29) is 5.75 Å². The van der Waals surface area contributed by atoms with Gasteiger partial charge in [-0.15, -0.1) is 11.3 Å². The van der Waals surface area contributed by atoms with E-state index in [4.69, 9.17) is 0 Å². The molecular weight excluding hydrogens is 368 g/mol. The molecule has 3 nitrogen and oxygen atoms in total. The van der Waals surface area contributed by atoms with Gasteiger partial charge in [-0.05, 0) is 49.6 Å². The third-order valence-corrected chi connectivity index (χ3v) is 4.04. The van der Waals surface area contributed by atoms with E-state index in [2.05, 4.69) is 42.2 Å². The van der Waals surface area contributed by atoms with Crippen molar-refractivity contribution in [1.29, 1.82) is 0 Å². The van der Waals surface area contributed by atoms with E-state index in [1.807, 2.05) is 23.0 Å². The van der Waals surface area contributed by atoms with Gasteiger partial charge in [-0.3, -0.25) is 0 Å². The fourth-order valence-corrected chi connectivity index (χ4v) is 3.22. The Hall–Kier alpha value is -0.430. The number of hydrogen-bond acceptors (Lipinski definition) is 4. The molecule has 0 amide bonds. The van der Waals surface area contributed by atoms with Crippen molar-refractivity contribution in [1.82, 2.24) is 10.3 Å². The van der Waals surface area contributed by atoms with Gasteiger partial charge in [0.2, 0.25) is 0 Å². The summed E-state index contributed by atoms with van der Waals surface area (Å²) in [5.74, 6) is 0.230. The SMILES string of the molecule is Oc1c(Br)cc(CNCc2cscn2)cc1Br. The van der Waals surface area contributed by atoms with Crippen molar-refractivity contribution in [3.8, 4) is 5.75 Å². The first-order chi connectivity index (χ1) is 8.16. The molecule has 6 heteroatoms. The van der Waals surface area contributed by atoms with E-state index in [0.717, 1.165) is 24.3 Å². The summed E-state index contributed by atoms with van der Waals surface area (Å²) in [7, 11) is 0. The van der Waals surface area contributed by atoms with E-state index in [0.29, 0.717) is 8.95 Å². The highest BCUT2D eigenvalue weighted by atomic mass is 79.9. The van der Waals surface area contributed by atoms with Crippen LogP contribution in [0.2, 0.25) is 0 Å². The Kier molecular flexibility index (Phi) is 4.55. The smallest absolute Gasteiger partial charge is 0.143 e. The minimum atomic E-state index is 0.230. The molecule has 0 aliphatic heterocycles. The highest BCUT2D eigenvalue weighted by molar-refractivity contribution is 9.11. The summed E-state index contributed by atoms with van der Waals surface area (Å²) >= 11 is 8.21. The van der Waals surface area contributed by atoms with Gasteiger partial charge in [0.15, 0.2) is 0 Å². The number of aromatic hydroxyl groups is 1. The molecule has 0 radical (unpaired) electrons. The minimum absolute atomic E-state index is 0.230. The molecule has 1 aromatic carbocycles. The van der Waals surface area contributed by atoms with Crippen molar-refractivity contribution in [2.24, 2.45) is 0 Å². The number of rotatable bonds is 4. The van der Waals surface area contributed by atoms with Crippen molar-refractivity contribution >= 4 is 43.2 Å². The molecule has 1 aromatic heterocycles. The molecule has 0 saturated heterocycles. The topological polar surface area (TPSA) is 45.1 Å². The van der Waals surface area contributed by atoms with Crippen molar-refractivity contribution in [3.05, 3.63) is 43.2 Å². The Labute approximate surface area is 120 Å². The molecule has 1 heterocycles. The quantitative estimate of drug-likeness (QED) is 0.854. The van der Waals surface area contributed by atoms with Gasteiger partial charge in [0.25, 0.3) is 0 Å². The van der Waals surface area contributed by atoms with Crippen LogP contribution in [0.5, 0.6) is 5.75 Å². The summed E-state index contributed by atoms with van der Waals surface area (Å²) in [5.41, 5.74) is 3.97. The van der Waals surface area contributed by atoms with E-state index < -0.39 is 0 Å². The average Bonchev–Trinajstić information content (AvgIpc) is 2.79. The first-order valence-electron chi connectivity index (χ1n) is 4.91. The lowest BCUT2D eigenvalue weighted by atomic mass is 10.2. The number of phenols is 1. The number of hydrogen-bond donors (Lipinski definition) is 2. The van der Waals surface area contributed by atoms with Gasteiger partial charge in [0.05, 0.1) is 20.1 Å². The second-order valence-corrected chi connectivity index (χ2v) is 5.92. The second-order valence-electron chi connectivity index (χ2n) is 3.49. The monoisotopic (exact) mass is 376 g/mol. The van der Waals surface area contributed by atoms with Crippen molar-refractivity contribution in [2.75, 3.05) is 0 Å². The molecule has 2 N–H and O–H groups in total. The molecule has 0 bridgehead atoms. The van der Waals surface area contributed by atoms with Gasteiger partial charge in [0, 0.05) is 18.5 Å². The summed E-state index contributed by atoms with van der Waals surface area (Å²) in [6, 6.07) is 3.79. The van der Waals surface area contributed by atoms with Crippen LogP contribution in [0.15, 0.2) is 32.0 Å². The molecule has 0 unspecified atom stereocenters. The molecule has 2 rings (SSSR count). The zero-order valence-electron chi connectivity index (χ0n) is 8.78. The van der Waals surface area contributed by atoms with Crippen LogP contribution in [0, 0.1) is 0 Å². The number of nitrogens with one attached hydrogen (secondary N) is 1. The standard InChI is InChI=1S/C11H10Br2N2OS/c12-9-1-7(2-10(13)11(9)16)3-14-4-8-5-17-6-15-8/h1-2,5-6,14,16H,3-4H2. The van der Waals surface area contributed by atoms with E-state index in [9.17, 15) is 5.11 Å². The van der Waals surface area contributed by atoms with E-state index in [1.165, 1.54) is 0 Å². The van der Waals surface area contributed by atoms with Crippen LogP contribution in [0.1, 0.15) is 11.3 Å². The lowest BCUT2D eigenvalue weighted by molar-refractivity contribution is 0.468. The minimum Gasteiger partial charge on any atom is -0.506 e. The van der Waals surface area contributed by atoms with Gasteiger partial charge in [-0.1, -0.05) is 0 Å². The van der Waals surface area contributed by atoms with Crippen LogP contribution in [-0.2, 0) is 13.1 Å². The van der Waals surface area contributed by atoms with Crippen molar-refractivity contribution < 1.29 is 5.11 Å². The summed E-state index contributed by atoms with van der Waals surface area (Å²) < 4.78 is 1.38. The van der Waals surface area contributed by atoms with Crippen LogP contribution in [-0.4, -0.2) is 10.1 Å². The maximum Gasteiger partial charge on any atom is 0.143 e. The predicted octanol–water partition coefficient (Wildman–Crippen LogP) is 3.66. The third-order valence-electron chi connectivity index (χ3n) is 2.20. The maximum atomic E-state index is 9.58. The Bertz CT molecular complexity index is 479. The van der Waals surface area contributed by atoms with Crippen LogP contribution in [0.4, 0.5) is 0 Å². The zero-order chi connectivity index (χ0) is 12.3. The van der Waals surface area contributed by atoms with Gasteiger partial charge in [0.1, 0.15) is 5.75 Å². The summed E-state index contributed by atoms with van der Waals surface area (Å²) in [4.78, 5) is 4.19. The molecule has 2 aromatic rings. The van der Waals surface area contributed by atoms with Crippen LogP contribution in [0.3, 0.4) is 0 Å². The summed E-state index contributed by atoms with van der Waals surface area (Å²) in [6.07, 6.45) is 0. The van der Waals surface area contributed by atoms with Crippen LogP contribution >= 0.6 is 43.2 Å². The van der Waals surface area contributed by atoms with E-state index in [1.54, 1.807) is 11.3 Å². The third kappa shape index (κ3) is 3.51. The van der Waals surface area contributed by atoms with Crippen molar-refractivity contribution in [3.63, 3.8) is 0 Å². The van der Waals surface area contributed by atoms with Gasteiger partial charge < -0.3 is 10.4 Å². The molecule has 90 valence electrons. The summed E-state index contributed by atoms with van der Waals surface area (Å²) in [5, 5.41) is 14.9. The number of thiazole rings is 1. The maximum absolute atomic E-state index is 9.58. The molecule has 0 spiro atoms. The molecule has 0 aliphatic rings. The highest BCUT2D eigenvalue weighted by Crippen LogP contribution is 2.33. The first kappa shape index (κ1) is 13.0. The average molecular weight is 378 g/mol. The fourth-order valence-electron chi connectivity index (χ4n) is 1.38. The Morgan fingerprint density at radius 2 is 1.94 bits per heavy atom. The molecular formula is C11H10Br2N2OS. The second kappa shape index (κ2) is 5.95. The van der Waals surface area contributed by atoms with Gasteiger partial charge in [-0.25, -0.2) is 4.98 Å². The molecule has 17 heavy (non-hydrogen) atoms. The number of aromatic nitrogens is 1. The van der Waals surface area contributed by atoms with Crippen LogP contribution < -0.4 is 5.32 Å². The molecule has 0 atom stereocenters. The lowest BCUT2D eigenvalue weighted by Crippen LogP contribution is -2.12. The van der Waals surface area contributed by atoms with Gasteiger partial charge in [-0.2, -0.15) is 0 Å². The number of nitrogens with zero attached hydrogens (tertiary/aromatic N) is 1. The Morgan fingerprint density at radius 1 is 1.24 bits per heavy atom. The normalized spacial score (nSPS) is 10.7.